The van der Waals surface area contributed by atoms with Crippen LogP contribution in [0.5, 0.6) is 5.75 Å². The van der Waals surface area contributed by atoms with E-state index >= 15 is 4.39 Å². The summed E-state index contributed by atoms with van der Waals surface area (Å²) in [5.74, 6) is -2.85. The number of amides is 1. The van der Waals surface area contributed by atoms with Crippen LogP contribution in [0.2, 0.25) is 0 Å². The molecule has 8 nitrogen and oxygen atoms in total. The fraction of sp³-hybridized carbons (Fsp3) is 0.111. The summed E-state index contributed by atoms with van der Waals surface area (Å²) in [5, 5.41) is 13.9. The van der Waals surface area contributed by atoms with Crippen LogP contribution in [0.4, 0.5) is 23.2 Å². The molecule has 2 heterocycles. The normalized spacial score (nSPS) is 15.9. The molecule has 4 rings (SSSR count). The van der Waals surface area contributed by atoms with Gasteiger partial charge in [0, 0.05) is 17.3 Å². The average molecular weight is 456 g/mol. The SMILES string of the molecule is O=C1CN(c2c(O)ccc(-c3cnn(-c4ccccc4C(F)(F)F)c3)c2F)S(=O)(=O)N1. The summed E-state index contributed by atoms with van der Waals surface area (Å²) < 4.78 is 82.0. The van der Waals surface area contributed by atoms with Crippen LogP contribution in [0.1, 0.15) is 5.56 Å². The standard InChI is InChI=1S/C18H12F4N4O4S/c19-16-11(5-6-14(27)17(16)26-9-15(28)24-31(26,29)30)10-7-23-25(8-10)13-4-2-1-3-12(13)18(20,21)22/h1-8,27H,9H2,(H,24,28). The van der Waals surface area contributed by atoms with E-state index in [0.29, 0.717) is 4.31 Å². The number of halogens is 4. The van der Waals surface area contributed by atoms with E-state index in [9.17, 15) is 31.5 Å². The van der Waals surface area contributed by atoms with E-state index in [4.69, 9.17) is 0 Å². The topological polar surface area (TPSA) is 105 Å². The largest absolute Gasteiger partial charge is 0.506 e. The number of aromatic nitrogens is 2. The van der Waals surface area contributed by atoms with Crippen LogP contribution in [0.25, 0.3) is 16.8 Å². The highest BCUT2D eigenvalue weighted by Gasteiger charge is 2.38. The molecule has 1 aliphatic rings. The van der Waals surface area contributed by atoms with E-state index in [1.165, 1.54) is 18.2 Å². The second-order valence-electron chi connectivity index (χ2n) is 6.52. The monoisotopic (exact) mass is 456 g/mol. The summed E-state index contributed by atoms with van der Waals surface area (Å²) in [4.78, 5) is 11.5. The van der Waals surface area contributed by atoms with Crippen molar-refractivity contribution >= 4 is 21.8 Å². The van der Waals surface area contributed by atoms with Crippen LogP contribution in [-0.2, 0) is 21.2 Å². The Balaban J connectivity index is 1.81. The number of nitrogens with one attached hydrogen (secondary N) is 1. The molecule has 31 heavy (non-hydrogen) atoms. The molecule has 162 valence electrons. The van der Waals surface area contributed by atoms with Crippen molar-refractivity contribution < 1.29 is 35.9 Å². The zero-order chi connectivity index (χ0) is 22.6. The highest BCUT2D eigenvalue weighted by Crippen LogP contribution is 2.39. The fourth-order valence-electron chi connectivity index (χ4n) is 3.17. The molecule has 1 fully saturated rings. The molecular weight excluding hydrogens is 444 g/mol. The van der Waals surface area contributed by atoms with Crippen molar-refractivity contribution in [1.82, 2.24) is 14.5 Å². The molecule has 2 aromatic carbocycles. The molecular formula is C18H12F4N4O4S. The number of para-hydroxylation sites is 1. The van der Waals surface area contributed by atoms with Gasteiger partial charge in [0.2, 0.25) is 0 Å². The number of benzene rings is 2. The third-order valence-electron chi connectivity index (χ3n) is 4.51. The summed E-state index contributed by atoms with van der Waals surface area (Å²) in [6.45, 7) is -0.742. The maximum Gasteiger partial charge on any atom is 0.418 e. The van der Waals surface area contributed by atoms with Gasteiger partial charge in [-0.25, -0.2) is 18.1 Å². The average Bonchev–Trinajstić information content (AvgIpc) is 3.25. The number of phenols is 1. The van der Waals surface area contributed by atoms with Crippen molar-refractivity contribution in [3.8, 4) is 22.6 Å². The van der Waals surface area contributed by atoms with Gasteiger partial charge in [0.15, 0.2) is 5.82 Å². The van der Waals surface area contributed by atoms with Crippen molar-refractivity contribution in [2.45, 2.75) is 6.18 Å². The van der Waals surface area contributed by atoms with Gasteiger partial charge in [0.25, 0.3) is 5.91 Å². The molecule has 0 bridgehead atoms. The van der Waals surface area contributed by atoms with Gasteiger partial charge in [-0.1, -0.05) is 12.1 Å². The van der Waals surface area contributed by atoms with Crippen LogP contribution < -0.4 is 9.03 Å². The first kappa shape index (κ1) is 20.7. The Hall–Kier alpha value is -3.61. The Morgan fingerprint density at radius 3 is 2.48 bits per heavy atom. The van der Waals surface area contributed by atoms with Gasteiger partial charge < -0.3 is 5.11 Å². The van der Waals surface area contributed by atoms with Crippen LogP contribution in [0.3, 0.4) is 0 Å². The molecule has 0 unspecified atom stereocenters. The highest BCUT2D eigenvalue weighted by molar-refractivity contribution is 7.92. The van der Waals surface area contributed by atoms with Crippen molar-refractivity contribution in [2.75, 3.05) is 10.8 Å². The van der Waals surface area contributed by atoms with Crippen molar-refractivity contribution in [3.05, 3.63) is 60.2 Å². The summed E-state index contributed by atoms with van der Waals surface area (Å²) in [6, 6.07) is 6.78. The van der Waals surface area contributed by atoms with E-state index < -0.39 is 51.7 Å². The number of nitrogens with zero attached hydrogens (tertiary/aromatic N) is 3. The second-order valence-corrected chi connectivity index (χ2v) is 8.12. The molecule has 1 amide bonds. The number of rotatable bonds is 3. The third kappa shape index (κ3) is 3.56. The van der Waals surface area contributed by atoms with Crippen molar-refractivity contribution in [1.29, 1.82) is 0 Å². The summed E-state index contributed by atoms with van der Waals surface area (Å²) in [6.07, 6.45) is -2.43. The Labute approximate surface area is 172 Å². The molecule has 0 radical (unpaired) electrons. The predicted molar refractivity (Wildman–Crippen MR) is 100 cm³/mol. The fourth-order valence-corrected chi connectivity index (χ4v) is 4.33. The van der Waals surface area contributed by atoms with Crippen LogP contribution in [0, 0.1) is 5.82 Å². The van der Waals surface area contributed by atoms with E-state index in [1.807, 2.05) is 0 Å². The summed E-state index contributed by atoms with van der Waals surface area (Å²) in [7, 11) is -4.41. The zero-order valence-corrected chi connectivity index (χ0v) is 16.1. The lowest BCUT2D eigenvalue weighted by atomic mass is 10.1. The Morgan fingerprint density at radius 1 is 1.13 bits per heavy atom. The summed E-state index contributed by atoms with van der Waals surface area (Å²) in [5.41, 5.74) is -2.23. The highest BCUT2D eigenvalue weighted by atomic mass is 32.2. The second kappa shape index (κ2) is 6.97. The number of aromatic hydroxyl groups is 1. The van der Waals surface area contributed by atoms with Crippen molar-refractivity contribution in [3.63, 3.8) is 0 Å². The minimum Gasteiger partial charge on any atom is -0.506 e. The van der Waals surface area contributed by atoms with Crippen molar-refractivity contribution in [2.24, 2.45) is 0 Å². The number of carbonyl (C=O) groups is 1. The van der Waals surface area contributed by atoms with Crippen LogP contribution in [0.15, 0.2) is 48.8 Å². The van der Waals surface area contributed by atoms with Gasteiger partial charge in [-0.2, -0.15) is 26.7 Å². The van der Waals surface area contributed by atoms with Gasteiger partial charge in [-0.15, -0.1) is 0 Å². The minimum atomic E-state index is -4.65. The number of carbonyl (C=O) groups excluding carboxylic acids is 1. The molecule has 0 saturated carbocycles. The first-order chi connectivity index (χ1) is 14.5. The van der Waals surface area contributed by atoms with Gasteiger partial charge in [-0.3, -0.25) is 4.79 Å². The lowest BCUT2D eigenvalue weighted by Crippen LogP contribution is -2.30. The molecule has 0 aliphatic carbocycles. The molecule has 0 spiro atoms. The Kier molecular flexibility index (Phi) is 4.65. The number of hydrogen-bond acceptors (Lipinski definition) is 5. The number of alkyl halides is 3. The first-order valence-corrected chi connectivity index (χ1v) is 9.99. The van der Waals surface area contributed by atoms with E-state index in [-0.39, 0.29) is 16.8 Å². The quantitative estimate of drug-likeness (QED) is 0.590. The van der Waals surface area contributed by atoms with E-state index in [2.05, 4.69) is 5.10 Å². The Morgan fingerprint density at radius 2 is 1.84 bits per heavy atom. The van der Waals surface area contributed by atoms with Crippen LogP contribution >= 0.6 is 0 Å². The number of anilines is 1. The third-order valence-corrected chi connectivity index (χ3v) is 5.89. The van der Waals surface area contributed by atoms with Gasteiger partial charge in [-0.05, 0) is 24.3 Å². The number of hydrogen-bond donors (Lipinski definition) is 2. The van der Waals surface area contributed by atoms with Gasteiger partial charge >= 0.3 is 16.4 Å². The minimum absolute atomic E-state index is 0.0200. The lowest BCUT2D eigenvalue weighted by Gasteiger charge is -2.18. The van der Waals surface area contributed by atoms with Gasteiger partial charge in [0.05, 0.1) is 17.4 Å². The predicted octanol–water partition coefficient (Wildman–Crippen LogP) is 2.58. The molecule has 1 aliphatic heterocycles. The first-order valence-electron chi connectivity index (χ1n) is 8.55. The lowest BCUT2D eigenvalue weighted by molar-refractivity contribution is -0.137. The summed E-state index contributed by atoms with van der Waals surface area (Å²) >= 11 is 0. The zero-order valence-electron chi connectivity index (χ0n) is 15.3. The molecule has 1 aromatic heterocycles. The number of phenolic OH excluding ortho intramolecular Hbond substituents is 1. The molecule has 13 heteroatoms. The molecule has 1 saturated heterocycles. The molecule has 3 aromatic rings. The van der Waals surface area contributed by atoms with Crippen LogP contribution in [-0.4, -0.2) is 35.8 Å². The Bertz CT molecular complexity index is 1300. The maximum atomic E-state index is 15.2. The smallest absolute Gasteiger partial charge is 0.418 e. The van der Waals surface area contributed by atoms with E-state index in [1.54, 1.807) is 4.72 Å². The maximum absolute atomic E-state index is 15.2. The molecule has 2 N–H and O–H groups in total. The molecule has 0 atom stereocenters. The van der Waals surface area contributed by atoms with Gasteiger partial charge in [0.1, 0.15) is 18.0 Å². The van der Waals surface area contributed by atoms with E-state index in [0.717, 1.165) is 35.3 Å².